The lowest BCUT2D eigenvalue weighted by Crippen LogP contribution is -2.53. The number of nitrogens with zero attached hydrogens (tertiary/aromatic N) is 1. The molecule has 3 aromatic carbocycles. The van der Waals surface area contributed by atoms with Gasteiger partial charge < -0.3 is 15.0 Å². The molecule has 0 saturated heterocycles. The fraction of sp³-hybridized carbons (Fsp3) is 0.355. The minimum Gasteiger partial charge on any atom is -0.483 e. The van der Waals surface area contributed by atoms with Gasteiger partial charge in [-0.3, -0.25) is 9.59 Å². The molecule has 0 bridgehead atoms. The number of carbonyl (C=O) groups excluding carboxylic acids is 2. The lowest BCUT2D eigenvalue weighted by atomic mass is 10.0. The number of hydrogen-bond acceptors (Lipinski definition) is 3. The first-order valence-electron chi connectivity index (χ1n) is 13.2. The first-order valence-corrected chi connectivity index (χ1v) is 14.8. The predicted molar refractivity (Wildman–Crippen MR) is 158 cm³/mol. The third-order valence-corrected chi connectivity index (χ3v) is 8.08. The fourth-order valence-corrected chi connectivity index (χ4v) is 5.84. The molecule has 2 amide bonds. The van der Waals surface area contributed by atoms with Crippen LogP contribution in [0.4, 0.5) is 0 Å². The number of benzene rings is 3. The Balaban J connectivity index is 1.61. The molecule has 1 fully saturated rings. The Bertz CT molecular complexity index is 1230. The van der Waals surface area contributed by atoms with Gasteiger partial charge in [-0.1, -0.05) is 84.2 Å². The van der Waals surface area contributed by atoms with Crippen LogP contribution in [-0.4, -0.2) is 35.4 Å². The zero-order chi connectivity index (χ0) is 26.9. The summed E-state index contributed by atoms with van der Waals surface area (Å²) in [5.41, 5.74) is 3.12. The van der Waals surface area contributed by atoms with Crippen molar-refractivity contribution in [1.82, 2.24) is 10.2 Å². The summed E-state index contributed by atoms with van der Waals surface area (Å²) in [6.07, 6.45) is 5.54. The Hall–Kier alpha value is -2.64. The summed E-state index contributed by atoms with van der Waals surface area (Å²) in [5, 5.41) is 3.24. The van der Waals surface area contributed by atoms with Crippen LogP contribution >= 0.6 is 31.9 Å². The summed E-state index contributed by atoms with van der Waals surface area (Å²) in [7, 11) is 0. The maximum atomic E-state index is 13.8. The van der Waals surface area contributed by atoms with Crippen molar-refractivity contribution in [2.45, 2.75) is 64.1 Å². The van der Waals surface area contributed by atoms with Crippen LogP contribution in [-0.2, 0) is 29.0 Å². The number of ether oxygens (including phenoxy) is 1. The molecule has 0 aromatic heterocycles. The van der Waals surface area contributed by atoms with Gasteiger partial charge in [0, 0.05) is 23.5 Å². The molecular weight excluding hydrogens is 608 g/mol. The Morgan fingerprint density at radius 3 is 2.37 bits per heavy atom. The highest BCUT2D eigenvalue weighted by Crippen LogP contribution is 2.27. The Labute approximate surface area is 242 Å². The highest BCUT2D eigenvalue weighted by Gasteiger charge is 2.32. The molecule has 1 aliphatic rings. The van der Waals surface area contributed by atoms with Crippen molar-refractivity contribution in [3.63, 3.8) is 0 Å². The van der Waals surface area contributed by atoms with E-state index in [1.54, 1.807) is 4.90 Å². The zero-order valence-electron chi connectivity index (χ0n) is 21.7. The van der Waals surface area contributed by atoms with Gasteiger partial charge in [0.15, 0.2) is 6.61 Å². The van der Waals surface area contributed by atoms with E-state index in [-0.39, 0.29) is 24.5 Å². The molecule has 0 heterocycles. The number of aryl methyl sites for hydroxylation is 1. The molecule has 0 aliphatic heterocycles. The van der Waals surface area contributed by atoms with E-state index >= 15 is 0 Å². The van der Waals surface area contributed by atoms with Gasteiger partial charge >= 0.3 is 0 Å². The van der Waals surface area contributed by atoms with Crippen LogP contribution in [0.25, 0.3) is 0 Å². The first kappa shape index (κ1) is 28.4. The fourth-order valence-electron chi connectivity index (χ4n) is 4.86. The van der Waals surface area contributed by atoms with Crippen LogP contribution in [0.5, 0.6) is 5.75 Å². The molecule has 5 nitrogen and oxygen atoms in total. The maximum Gasteiger partial charge on any atom is 0.261 e. The van der Waals surface area contributed by atoms with E-state index < -0.39 is 6.04 Å². The second-order valence-electron chi connectivity index (χ2n) is 9.75. The number of rotatable bonds is 11. The van der Waals surface area contributed by atoms with Gasteiger partial charge in [-0.25, -0.2) is 0 Å². The Morgan fingerprint density at radius 1 is 0.947 bits per heavy atom. The van der Waals surface area contributed by atoms with E-state index in [0.717, 1.165) is 52.2 Å². The summed E-state index contributed by atoms with van der Waals surface area (Å²) >= 11 is 7.10. The number of hydrogen-bond donors (Lipinski definition) is 1. The summed E-state index contributed by atoms with van der Waals surface area (Å²) < 4.78 is 7.71. The monoisotopic (exact) mass is 640 g/mol. The molecule has 1 N–H and O–H groups in total. The quantitative estimate of drug-likeness (QED) is 0.249. The van der Waals surface area contributed by atoms with Crippen LogP contribution in [0.15, 0.2) is 81.7 Å². The molecule has 0 spiro atoms. The molecule has 1 aliphatic carbocycles. The van der Waals surface area contributed by atoms with Crippen molar-refractivity contribution in [2.75, 3.05) is 6.61 Å². The Kier molecular flexibility index (Phi) is 10.4. The van der Waals surface area contributed by atoms with E-state index in [9.17, 15) is 9.59 Å². The van der Waals surface area contributed by atoms with Crippen LogP contribution in [0.3, 0.4) is 0 Å². The van der Waals surface area contributed by atoms with Crippen LogP contribution in [0, 0.1) is 0 Å². The molecule has 0 unspecified atom stereocenters. The smallest absolute Gasteiger partial charge is 0.261 e. The third-order valence-electron chi connectivity index (χ3n) is 6.97. The van der Waals surface area contributed by atoms with E-state index in [4.69, 9.17) is 4.74 Å². The standard InChI is InChI=1S/C31H34Br2N2O3/c1-2-22-15-16-29(27(33)18-22)38-21-30(36)35(20-24-11-8-12-25(32)17-24)28(19-23-9-4-3-5-10-23)31(37)34-26-13-6-7-14-26/h3-5,8-12,15-18,26,28H,2,6-7,13-14,19-21H2,1H3,(H,34,37)/t28-/m1/s1. The lowest BCUT2D eigenvalue weighted by Gasteiger charge is -2.32. The lowest BCUT2D eigenvalue weighted by molar-refractivity contribution is -0.143. The summed E-state index contributed by atoms with van der Waals surface area (Å²) in [5.74, 6) is 0.254. The van der Waals surface area contributed by atoms with Gasteiger partial charge in [0.25, 0.3) is 5.91 Å². The van der Waals surface area contributed by atoms with Gasteiger partial charge in [-0.2, -0.15) is 0 Å². The SMILES string of the molecule is CCc1ccc(OCC(=O)N(Cc2cccc(Br)c2)[C@H](Cc2ccccc2)C(=O)NC2CCCC2)c(Br)c1. The molecule has 0 radical (unpaired) electrons. The van der Waals surface area contributed by atoms with Gasteiger partial charge in [0.1, 0.15) is 11.8 Å². The normalized spacial score (nSPS) is 14.2. The molecule has 4 rings (SSSR count). The predicted octanol–water partition coefficient (Wildman–Crippen LogP) is 6.85. The van der Waals surface area contributed by atoms with Crippen molar-refractivity contribution in [3.05, 3.63) is 98.4 Å². The van der Waals surface area contributed by atoms with E-state index in [2.05, 4.69) is 44.1 Å². The molecule has 200 valence electrons. The zero-order valence-corrected chi connectivity index (χ0v) is 24.8. The van der Waals surface area contributed by atoms with Crippen molar-refractivity contribution >= 4 is 43.7 Å². The van der Waals surface area contributed by atoms with E-state index in [1.165, 1.54) is 5.56 Å². The minimum absolute atomic E-state index is 0.113. The molecule has 1 atom stereocenters. The highest BCUT2D eigenvalue weighted by atomic mass is 79.9. The average molecular weight is 642 g/mol. The number of amides is 2. The van der Waals surface area contributed by atoms with Gasteiger partial charge in [0.05, 0.1) is 4.47 Å². The summed E-state index contributed by atoms with van der Waals surface area (Å²) in [6, 6.07) is 23.1. The number of carbonyl (C=O) groups is 2. The summed E-state index contributed by atoms with van der Waals surface area (Å²) in [6.45, 7) is 2.22. The molecule has 1 saturated carbocycles. The minimum atomic E-state index is -0.668. The number of nitrogens with one attached hydrogen (secondary N) is 1. The van der Waals surface area contributed by atoms with Crippen molar-refractivity contribution in [2.24, 2.45) is 0 Å². The third kappa shape index (κ3) is 7.93. The van der Waals surface area contributed by atoms with Gasteiger partial charge in [-0.05, 0) is 76.1 Å². The Morgan fingerprint density at radius 2 is 1.68 bits per heavy atom. The largest absolute Gasteiger partial charge is 0.483 e. The van der Waals surface area contributed by atoms with E-state index in [0.29, 0.717) is 18.7 Å². The van der Waals surface area contributed by atoms with Crippen LogP contribution in [0.1, 0.15) is 49.3 Å². The molecule has 3 aromatic rings. The first-order chi connectivity index (χ1) is 18.4. The molecular formula is C31H34Br2N2O3. The highest BCUT2D eigenvalue weighted by molar-refractivity contribution is 9.10. The maximum absolute atomic E-state index is 13.8. The van der Waals surface area contributed by atoms with Gasteiger partial charge in [0.2, 0.25) is 5.91 Å². The second-order valence-corrected chi connectivity index (χ2v) is 11.5. The van der Waals surface area contributed by atoms with E-state index in [1.807, 2.05) is 72.8 Å². The van der Waals surface area contributed by atoms with Crippen molar-refractivity contribution in [3.8, 4) is 5.75 Å². The average Bonchev–Trinajstić information content (AvgIpc) is 3.43. The number of halogens is 2. The topological polar surface area (TPSA) is 58.6 Å². The summed E-state index contributed by atoms with van der Waals surface area (Å²) in [4.78, 5) is 29.2. The molecule has 38 heavy (non-hydrogen) atoms. The van der Waals surface area contributed by atoms with Crippen molar-refractivity contribution < 1.29 is 14.3 Å². The van der Waals surface area contributed by atoms with Gasteiger partial charge in [-0.15, -0.1) is 0 Å². The van der Waals surface area contributed by atoms with Crippen molar-refractivity contribution in [1.29, 1.82) is 0 Å². The van der Waals surface area contributed by atoms with Crippen LogP contribution in [0.2, 0.25) is 0 Å². The molecule has 7 heteroatoms. The second kappa shape index (κ2) is 13.9. The van der Waals surface area contributed by atoms with Crippen LogP contribution < -0.4 is 10.1 Å².